The van der Waals surface area contributed by atoms with E-state index in [2.05, 4.69) is 83.1 Å². The van der Waals surface area contributed by atoms with Crippen LogP contribution < -0.4 is 24.7 Å². The first-order valence-corrected chi connectivity index (χ1v) is 28.9. The van der Waals surface area contributed by atoms with E-state index < -0.39 is 12.1 Å². The summed E-state index contributed by atoms with van der Waals surface area (Å²) in [6, 6.07) is 32.2. The second kappa shape index (κ2) is 24.1. The lowest BCUT2D eigenvalue weighted by Crippen LogP contribution is -2.09. The molecule has 2 N–H and O–H groups in total. The minimum atomic E-state index is -2.71. The predicted octanol–water partition coefficient (Wildman–Crippen LogP) is 14.2. The summed E-state index contributed by atoms with van der Waals surface area (Å²) in [5, 5.41) is 0. The molecule has 0 atom stereocenters. The highest BCUT2D eigenvalue weighted by Gasteiger charge is 2.29. The van der Waals surface area contributed by atoms with Crippen molar-refractivity contribution in [2.75, 3.05) is 34.2 Å². The van der Waals surface area contributed by atoms with Crippen LogP contribution in [0.15, 0.2) is 162 Å². The maximum absolute atomic E-state index is 12.8. The molecule has 0 aliphatic heterocycles. The molecule has 0 unspecified atom stereocenters. The molecule has 428 valence electrons. The molecule has 0 radical (unpaired) electrons. The summed E-state index contributed by atoms with van der Waals surface area (Å²) in [5.41, 5.74) is 18.7. The minimum Gasteiger partial charge on any atom is -0.496 e. The molecule has 4 aliphatic carbocycles. The molecule has 4 fully saturated rings. The Hall–Kier alpha value is -8.97. The van der Waals surface area contributed by atoms with Crippen molar-refractivity contribution in [3.8, 4) is 23.0 Å². The van der Waals surface area contributed by atoms with Gasteiger partial charge in [0.2, 0.25) is 0 Å². The number of aromatic nitrogens is 9. The standard InChI is InChI=1S/C24H21N3O.C19H17F2N3O2.C11H11BrN2O.C11H13N3O/c1-28-22-14-23-25-20(17-12-13-17)15-27(23)16-21(22)26-24(18-8-4-2-5-9-18)19-10-6-3-7-11-19;1-26-17-8-18-23-15(11-5-6-11)10-24(18)9-12(17)7-16(25)13-3-2-4-14(22-13)19(20)21;2*1-15-10-4-11-13-9(7-2-3-7)6-14(11)5-8(10)12/h2-11,14-17H,12-13H2,1H3;2-4,8-11,19H,5-7H2,1H3;4-7H,2-3H2,1H3;4-7H,2-3,12H2,1H3. The van der Waals surface area contributed by atoms with Crippen molar-refractivity contribution in [1.82, 2.24) is 42.5 Å². The average Bonchev–Trinajstić information content (AvgIpc) is 3.62. The van der Waals surface area contributed by atoms with E-state index in [4.69, 9.17) is 34.7 Å². The van der Waals surface area contributed by atoms with Gasteiger partial charge in [0.25, 0.3) is 6.43 Å². The zero-order valence-electron chi connectivity index (χ0n) is 46.9. The van der Waals surface area contributed by atoms with Gasteiger partial charge in [-0.15, -0.1) is 0 Å². The van der Waals surface area contributed by atoms with Gasteiger partial charge >= 0.3 is 0 Å². The number of ether oxygens (including phenoxy) is 4. The third-order valence-corrected chi connectivity index (χ3v) is 15.8. The third kappa shape index (κ3) is 12.7. The lowest BCUT2D eigenvalue weighted by atomic mass is 10.0. The largest absolute Gasteiger partial charge is 0.496 e. The fourth-order valence-electron chi connectivity index (χ4n) is 9.97. The summed E-state index contributed by atoms with van der Waals surface area (Å²) in [4.78, 5) is 39.8. The number of imidazole rings is 4. The van der Waals surface area contributed by atoms with E-state index in [1.54, 1.807) is 27.4 Å². The molecule has 15 rings (SSSR count). The van der Waals surface area contributed by atoms with E-state index in [-0.39, 0.29) is 17.9 Å². The number of halogens is 3. The number of fused-ring (bicyclic) bond motifs is 4. The second-order valence-corrected chi connectivity index (χ2v) is 22.3. The summed E-state index contributed by atoms with van der Waals surface area (Å²) in [5.74, 6) is 4.94. The Morgan fingerprint density at radius 2 is 0.964 bits per heavy atom. The molecule has 0 spiro atoms. The smallest absolute Gasteiger partial charge is 0.280 e. The van der Waals surface area contributed by atoms with Crippen molar-refractivity contribution >= 4 is 61.4 Å². The number of alkyl halides is 2. The number of pyridine rings is 5. The number of aliphatic imine (C=N–C) groups is 1. The van der Waals surface area contributed by atoms with Gasteiger partial charge in [-0.25, -0.2) is 38.7 Å². The van der Waals surface area contributed by atoms with Crippen LogP contribution in [-0.4, -0.2) is 82.5 Å². The first-order chi connectivity index (χ1) is 40.9. The number of nitrogens with two attached hydrogens (primary N) is 1. The van der Waals surface area contributed by atoms with Gasteiger partial charge in [-0.05, 0) is 79.4 Å². The van der Waals surface area contributed by atoms with Gasteiger partial charge in [0.05, 0.1) is 67.1 Å². The van der Waals surface area contributed by atoms with Gasteiger partial charge in [0.1, 0.15) is 62.7 Å². The summed E-state index contributed by atoms with van der Waals surface area (Å²) >= 11 is 3.47. The topological polar surface area (TPSA) is 174 Å². The zero-order valence-corrected chi connectivity index (χ0v) is 48.5. The SMILES string of the molecule is COc1cc2nc(C3CC3)cn2cc1Br.COc1cc2nc(C3CC3)cn2cc1CC(=O)c1cccc(C(F)F)n1.COc1cc2nc(C3CC3)cn2cc1N.COc1cc2nc(C3CC3)cn2cc1N=C(c1ccccc1)c1ccccc1. The van der Waals surface area contributed by atoms with Crippen LogP contribution in [0.25, 0.3) is 22.6 Å². The van der Waals surface area contributed by atoms with Crippen LogP contribution in [0.3, 0.4) is 0 Å². The molecular formula is C65H62BrF2N11O5. The molecule has 0 bridgehead atoms. The van der Waals surface area contributed by atoms with Gasteiger partial charge in [-0.1, -0.05) is 66.7 Å². The molecule has 4 saturated carbocycles. The van der Waals surface area contributed by atoms with Crippen LogP contribution >= 0.6 is 15.9 Å². The number of hydrogen-bond donors (Lipinski definition) is 1. The van der Waals surface area contributed by atoms with Crippen LogP contribution in [0.1, 0.15) is 137 Å². The summed E-state index contributed by atoms with van der Waals surface area (Å²) in [6.45, 7) is 0. The lowest BCUT2D eigenvalue weighted by Gasteiger charge is -2.10. The summed E-state index contributed by atoms with van der Waals surface area (Å²) < 4.78 is 55.9. The second-order valence-electron chi connectivity index (χ2n) is 21.4. The zero-order chi connectivity index (χ0) is 58.0. The van der Waals surface area contributed by atoms with Gasteiger partial charge in [-0.2, -0.15) is 0 Å². The number of anilines is 1. The molecule has 0 saturated heterocycles. The number of methoxy groups -OCH3 is 4. The molecule has 0 amide bonds. The normalized spacial score (nSPS) is 14.5. The van der Waals surface area contributed by atoms with Crippen molar-refractivity contribution in [2.24, 2.45) is 4.99 Å². The quantitative estimate of drug-likeness (QED) is 0.0764. The van der Waals surface area contributed by atoms with E-state index in [0.29, 0.717) is 46.4 Å². The number of ketones is 1. The Kier molecular flexibility index (Phi) is 15.9. The Labute approximate surface area is 492 Å². The highest BCUT2D eigenvalue weighted by atomic mass is 79.9. The van der Waals surface area contributed by atoms with Crippen molar-refractivity contribution in [3.63, 3.8) is 0 Å². The number of benzene rings is 2. The molecule has 19 heteroatoms. The van der Waals surface area contributed by atoms with Crippen molar-refractivity contribution in [3.05, 3.63) is 208 Å². The number of nitrogen functional groups attached to an aromatic ring is 1. The lowest BCUT2D eigenvalue weighted by molar-refractivity contribution is 0.0985. The van der Waals surface area contributed by atoms with E-state index in [0.717, 1.165) is 85.3 Å². The van der Waals surface area contributed by atoms with E-state index in [9.17, 15) is 13.6 Å². The van der Waals surface area contributed by atoms with Crippen LogP contribution in [0.2, 0.25) is 0 Å². The van der Waals surface area contributed by atoms with Crippen LogP contribution in [-0.2, 0) is 6.42 Å². The Morgan fingerprint density at radius 3 is 1.43 bits per heavy atom. The maximum Gasteiger partial charge on any atom is 0.280 e. The Bertz CT molecular complexity index is 4070. The van der Waals surface area contributed by atoms with E-state index in [1.807, 2.05) is 98.8 Å². The van der Waals surface area contributed by atoms with Crippen LogP contribution in [0, 0.1) is 0 Å². The Balaban J connectivity index is 0.000000114. The molecule has 2 aromatic carbocycles. The van der Waals surface area contributed by atoms with Crippen LogP contribution in [0.4, 0.5) is 20.2 Å². The van der Waals surface area contributed by atoms with E-state index >= 15 is 0 Å². The molecule has 16 nitrogen and oxygen atoms in total. The highest BCUT2D eigenvalue weighted by molar-refractivity contribution is 9.10. The molecular weight excluding hydrogens is 1130 g/mol. The predicted molar refractivity (Wildman–Crippen MR) is 322 cm³/mol. The van der Waals surface area contributed by atoms with Crippen molar-refractivity contribution < 1.29 is 32.5 Å². The van der Waals surface area contributed by atoms with Crippen molar-refractivity contribution in [1.29, 1.82) is 0 Å². The minimum absolute atomic E-state index is 0.00967. The Morgan fingerprint density at radius 1 is 0.536 bits per heavy atom. The monoisotopic (exact) mass is 1190 g/mol. The number of carbonyl (C=O) groups excluding carboxylic acids is 1. The van der Waals surface area contributed by atoms with Gasteiger partial charge < -0.3 is 42.3 Å². The summed E-state index contributed by atoms with van der Waals surface area (Å²) in [7, 11) is 6.49. The van der Waals surface area contributed by atoms with Gasteiger partial charge in [0.15, 0.2) is 5.78 Å². The molecule has 9 heterocycles. The van der Waals surface area contributed by atoms with Crippen LogP contribution in [0.5, 0.6) is 23.0 Å². The molecule has 11 aromatic rings. The number of carbonyl (C=O) groups is 1. The number of rotatable bonds is 15. The molecule has 84 heavy (non-hydrogen) atoms. The first kappa shape index (κ1) is 55.6. The summed E-state index contributed by atoms with van der Waals surface area (Å²) in [6.07, 6.45) is 23.1. The third-order valence-electron chi connectivity index (χ3n) is 15.2. The highest BCUT2D eigenvalue weighted by Crippen LogP contribution is 2.43. The number of nitrogens with zero attached hydrogens (tertiary/aromatic N) is 10. The molecule has 4 aliphatic rings. The first-order valence-electron chi connectivity index (χ1n) is 28.1. The molecule has 9 aromatic heterocycles. The van der Waals surface area contributed by atoms with Gasteiger partial charge in [0, 0.05) is 121 Å². The number of Topliss-reactive ketones (excluding diaryl/α,β-unsaturated/α-hetero) is 1. The fraction of sp³-hybridized carbons (Fsp3) is 0.277. The fourth-order valence-corrected chi connectivity index (χ4v) is 10.5. The average molecular weight is 1200 g/mol. The maximum atomic E-state index is 12.8. The van der Waals surface area contributed by atoms with Crippen molar-refractivity contribution in [2.45, 2.75) is 87.9 Å². The van der Waals surface area contributed by atoms with Gasteiger partial charge in [-0.3, -0.25) is 4.79 Å². The van der Waals surface area contributed by atoms with E-state index in [1.165, 1.54) is 75.2 Å². The number of hydrogen-bond acceptors (Lipinski definition) is 12.